The Kier molecular flexibility index (Phi) is 6.33. The number of aromatic nitrogens is 1. The van der Waals surface area contributed by atoms with E-state index in [2.05, 4.69) is 5.32 Å². The van der Waals surface area contributed by atoms with Crippen LogP contribution in [0.5, 0.6) is 5.75 Å². The lowest BCUT2D eigenvalue weighted by molar-refractivity contribution is -0.115. The fourth-order valence-electron chi connectivity index (χ4n) is 3.41. The van der Waals surface area contributed by atoms with Gasteiger partial charge in [0.2, 0.25) is 15.9 Å². The van der Waals surface area contributed by atoms with Crippen LogP contribution in [0.4, 0.5) is 5.69 Å². The minimum Gasteiger partial charge on any atom is -0.489 e. The third-order valence-electron chi connectivity index (χ3n) is 5.28. The van der Waals surface area contributed by atoms with Crippen molar-refractivity contribution in [3.05, 3.63) is 51.9 Å². The van der Waals surface area contributed by atoms with Crippen LogP contribution in [0.15, 0.2) is 40.0 Å². The SMILES string of the molecule is CCC(=O)Nc1ccc(S(=O)(=O)N2CCC(Oc3cc(C)n(C)c(=O)c3)C2)c(C)c1. The van der Waals surface area contributed by atoms with Crippen LogP contribution in [0.25, 0.3) is 0 Å². The number of hydrogen-bond donors (Lipinski definition) is 1. The zero-order valence-corrected chi connectivity index (χ0v) is 18.5. The van der Waals surface area contributed by atoms with Crippen molar-refractivity contribution < 1.29 is 17.9 Å². The summed E-state index contributed by atoms with van der Waals surface area (Å²) in [5.74, 6) is 0.322. The average molecular weight is 434 g/mol. The first-order valence-electron chi connectivity index (χ1n) is 9.86. The zero-order valence-electron chi connectivity index (χ0n) is 17.6. The lowest BCUT2D eigenvalue weighted by Crippen LogP contribution is -2.31. The van der Waals surface area contributed by atoms with Gasteiger partial charge in [-0.05, 0) is 50.1 Å². The van der Waals surface area contributed by atoms with E-state index in [1.165, 1.54) is 21.0 Å². The summed E-state index contributed by atoms with van der Waals surface area (Å²) in [4.78, 5) is 23.7. The van der Waals surface area contributed by atoms with Gasteiger partial charge in [0.05, 0.1) is 11.4 Å². The molecule has 8 nitrogen and oxygen atoms in total. The van der Waals surface area contributed by atoms with Gasteiger partial charge in [0.25, 0.3) is 5.56 Å². The predicted octanol–water partition coefficient (Wildman–Crippen LogP) is 2.19. The summed E-state index contributed by atoms with van der Waals surface area (Å²) in [6, 6.07) is 7.96. The molecule has 1 aromatic heterocycles. The second-order valence-corrected chi connectivity index (χ2v) is 9.41. The van der Waals surface area contributed by atoms with Crippen LogP contribution in [-0.4, -0.2) is 42.4 Å². The lowest BCUT2D eigenvalue weighted by atomic mass is 10.2. The predicted molar refractivity (Wildman–Crippen MR) is 114 cm³/mol. The molecule has 1 atom stereocenters. The first kappa shape index (κ1) is 22.0. The molecule has 3 rings (SSSR count). The van der Waals surface area contributed by atoms with E-state index in [9.17, 15) is 18.0 Å². The van der Waals surface area contributed by atoms with Gasteiger partial charge in [0.15, 0.2) is 0 Å². The molecule has 0 radical (unpaired) electrons. The standard InChI is InChI=1S/C21H27N3O5S/c1-5-20(25)22-16-6-7-19(14(2)10-16)30(27,28)24-9-8-17(13-24)29-18-11-15(3)23(4)21(26)12-18/h6-7,10-12,17H,5,8-9,13H2,1-4H3,(H,22,25). The highest BCUT2D eigenvalue weighted by Crippen LogP contribution is 2.27. The van der Waals surface area contributed by atoms with Crippen LogP contribution < -0.4 is 15.6 Å². The Balaban J connectivity index is 1.74. The Labute approximate surface area is 176 Å². The Bertz CT molecular complexity index is 1120. The zero-order chi connectivity index (χ0) is 22.1. The van der Waals surface area contributed by atoms with Crippen molar-refractivity contribution in [3.63, 3.8) is 0 Å². The molecule has 0 spiro atoms. The molecule has 1 amide bonds. The van der Waals surface area contributed by atoms with Crippen molar-refractivity contribution in [2.24, 2.45) is 7.05 Å². The largest absolute Gasteiger partial charge is 0.489 e. The second-order valence-electron chi connectivity index (χ2n) is 7.50. The van der Waals surface area contributed by atoms with Crippen LogP contribution in [0.1, 0.15) is 31.0 Å². The summed E-state index contributed by atoms with van der Waals surface area (Å²) in [6.45, 7) is 5.83. The monoisotopic (exact) mass is 433 g/mol. The van der Waals surface area contributed by atoms with E-state index in [0.717, 1.165) is 5.69 Å². The van der Waals surface area contributed by atoms with Crippen LogP contribution in [0.3, 0.4) is 0 Å². The molecule has 1 saturated heterocycles. The topological polar surface area (TPSA) is 97.7 Å². The highest BCUT2D eigenvalue weighted by atomic mass is 32.2. The number of ether oxygens (including phenoxy) is 1. The quantitative estimate of drug-likeness (QED) is 0.753. The van der Waals surface area contributed by atoms with Crippen molar-refractivity contribution in [2.75, 3.05) is 18.4 Å². The smallest absolute Gasteiger partial charge is 0.254 e. The van der Waals surface area contributed by atoms with Crippen molar-refractivity contribution in [3.8, 4) is 5.75 Å². The van der Waals surface area contributed by atoms with Crippen molar-refractivity contribution in [1.82, 2.24) is 8.87 Å². The minimum atomic E-state index is -3.69. The number of aryl methyl sites for hydroxylation is 2. The van der Waals surface area contributed by atoms with Crippen LogP contribution in [0.2, 0.25) is 0 Å². The Hall–Kier alpha value is -2.65. The number of hydrogen-bond acceptors (Lipinski definition) is 5. The highest BCUT2D eigenvalue weighted by Gasteiger charge is 2.34. The normalized spacial score (nSPS) is 17.1. The molecule has 0 saturated carbocycles. The molecule has 1 aliphatic heterocycles. The van der Waals surface area contributed by atoms with Gasteiger partial charge >= 0.3 is 0 Å². The van der Waals surface area contributed by atoms with E-state index in [-0.39, 0.29) is 29.0 Å². The molecule has 1 aromatic carbocycles. The number of sulfonamides is 1. The van der Waals surface area contributed by atoms with Crippen molar-refractivity contribution in [1.29, 1.82) is 0 Å². The van der Waals surface area contributed by atoms with E-state index < -0.39 is 10.0 Å². The molecule has 2 aromatic rings. The van der Waals surface area contributed by atoms with Gasteiger partial charge in [-0.3, -0.25) is 9.59 Å². The third kappa shape index (κ3) is 4.57. The number of pyridine rings is 1. The van der Waals surface area contributed by atoms with Gasteiger partial charge in [0.1, 0.15) is 11.9 Å². The number of amides is 1. The summed E-state index contributed by atoms with van der Waals surface area (Å²) in [7, 11) is -2.01. The summed E-state index contributed by atoms with van der Waals surface area (Å²) >= 11 is 0. The molecule has 0 bridgehead atoms. The van der Waals surface area contributed by atoms with E-state index >= 15 is 0 Å². The lowest BCUT2D eigenvalue weighted by Gasteiger charge is -2.19. The van der Waals surface area contributed by atoms with Crippen LogP contribution >= 0.6 is 0 Å². The van der Waals surface area contributed by atoms with Gasteiger partial charge in [-0.1, -0.05) is 6.92 Å². The first-order chi connectivity index (χ1) is 14.1. The van der Waals surface area contributed by atoms with Gasteiger partial charge in [-0.2, -0.15) is 4.31 Å². The molecule has 2 heterocycles. The molecule has 9 heteroatoms. The molecule has 30 heavy (non-hydrogen) atoms. The number of nitrogens with zero attached hydrogens (tertiary/aromatic N) is 2. The maximum atomic E-state index is 13.1. The molecule has 0 aliphatic carbocycles. The van der Waals surface area contributed by atoms with E-state index in [0.29, 0.717) is 36.4 Å². The summed E-state index contributed by atoms with van der Waals surface area (Å²) < 4.78 is 35.1. The van der Waals surface area contributed by atoms with Gasteiger partial charge in [-0.15, -0.1) is 0 Å². The van der Waals surface area contributed by atoms with E-state index in [1.807, 2.05) is 6.92 Å². The summed E-state index contributed by atoms with van der Waals surface area (Å²) in [5.41, 5.74) is 1.74. The molecular weight excluding hydrogens is 406 g/mol. The first-order valence-corrected chi connectivity index (χ1v) is 11.3. The van der Waals surface area contributed by atoms with Gasteiger partial charge < -0.3 is 14.6 Å². The second kappa shape index (κ2) is 8.61. The summed E-state index contributed by atoms with van der Waals surface area (Å²) in [6.07, 6.45) is 0.563. The van der Waals surface area contributed by atoms with Gasteiger partial charge in [-0.25, -0.2) is 8.42 Å². The van der Waals surface area contributed by atoms with E-state index in [1.54, 1.807) is 39.1 Å². The van der Waals surface area contributed by atoms with E-state index in [4.69, 9.17) is 4.74 Å². The molecule has 1 unspecified atom stereocenters. The van der Waals surface area contributed by atoms with Gasteiger partial charge in [0, 0.05) is 37.5 Å². The molecule has 1 fully saturated rings. The molecular formula is C21H27N3O5S. The number of nitrogens with one attached hydrogen (secondary N) is 1. The fraction of sp³-hybridized carbons (Fsp3) is 0.429. The van der Waals surface area contributed by atoms with Crippen LogP contribution in [0, 0.1) is 13.8 Å². The number of benzene rings is 1. The molecule has 162 valence electrons. The maximum Gasteiger partial charge on any atom is 0.254 e. The fourth-order valence-corrected chi connectivity index (χ4v) is 5.11. The minimum absolute atomic E-state index is 0.129. The number of anilines is 1. The Morgan fingerprint density at radius 3 is 2.60 bits per heavy atom. The summed E-state index contributed by atoms with van der Waals surface area (Å²) in [5, 5.41) is 2.73. The van der Waals surface area contributed by atoms with Crippen LogP contribution in [-0.2, 0) is 21.9 Å². The highest BCUT2D eigenvalue weighted by molar-refractivity contribution is 7.89. The Morgan fingerprint density at radius 2 is 1.97 bits per heavy atom. The number of carbonyl (C=O) groups excluding carboxylic acids is 1. The van der Waals surface area contributed by atoms with Crippen molar-refractivity contribution in [2.45, 2.75) is 44.6 Å². The number of carbonyl (C=O) groups is 1. The maximum absolute atomic E-state index is 13.1. The van der Waals surface area contributed by atoms with Crippen molar-refractivity contribution >= 4 is 21.6 Å². The Morgan fingerprint density at radius 1 is 1.23 bits per heavy atom. The average Bonchev–Trinajstić information content (AvgIpc) is 3.15. The molecule has 1 aliphatic rings. The molecule has 1 N–H and O–H groups in total. The third-order valence-corrected chi connectivity index (χ3v) is 7.31. The number of rotatable bonds is 6.